The van der Waals surface area contributed by atoms with E-state index in [1.54, 1.807) is 12.1 Å². The summed E-state index contributed by atoms with van der Waals surface area (Å²) in [5.41, 5.74) is 4.71. The van der Waals surface area contributed by atoms with Gasteiger partial charge in [-0.2, -0.15) is 0 Å². The zero-order chi connectivity index (χ0) is 17.3. The van der Waals surface area contributed by atoms with E-state index in [-0.39, 0.29) is 5.41 Å². The lowest BCUT2D eigenvalue weighted by Gasteiger charge is -2.32. The van der Waals surface area contributed by atoms with Crippen LogP contribution in [-0.4, -0.2) is 10.2 Å². The highest BCUT2D eigenvalue weighted by Gasteiger charge is 2.31. The minimum atomic E-state index is -0.377. The summed E-state index contributed by atoms with van der Waals surface area (Å²) in [6.07, 6.45) is 0. The zero-order valence-electron chi connectivity index (χ0n) is 14.2. The Labute approximate surface area is 143 Å². The van der Waals surface area contributed by atoms with E-state index in [1.165, 1.54) is 5.56 Å². The molecule has 3 aromatic carbocycles. The van der Waals surface area contributed by atoms with Crippen molar-refractivity contribution in [1.29, 1.82) is 0 Å². The lowest BCUT2D eigenvalue weighted by atomic mass is 9.70. The number of hydrogen-bond acceptors (Lipinski definition) is 2. The van der Waals surface area contributed by atoms with Gasteiger partial charge in [-0.1, -0.05) is 54.6 Å². The Bertz CT molecular complexity index is 815. The van der Waals surface area contributed by atoms with Gasteiger partial charge in [-0.3, -0.25) is 0 Å². The van der Waals surface area contributed by atoms with Crippen LogP contribution in [0.3, 0.4) is 0 Å². The number of phenolic OH excluding ortho intramolecular Hbond substituents is 2. The highest BCUT2D eigenvalue weighted by atomic mass is 16.3. The largest absolute Gasteiger partial charge is 0.508 e. The van der Waals surface area contributed by atoms with Crippen molar-refractivity contribution < 1.29 is 10.2 Å². The molecular formula is C22H22O2. The van der Waals surface area contributed by atoms with Gasteiger partial charge in [-0.25, -0.2) is 0 Å². The minimum absolute atomic E-state index is 0.302. The van der Waals surface area contributed by atoms with Crippen LogP contribution in [0.1, 0.15) is 34.7 Å². The summed E-state index contributed by atoms with van der Waals surface area (Å²) < 4.78 is 0. The maximum atomic E-state index is 9.90. The molecule has 0 spiro atoms. The predicted octanol–water partition coefficient (Wildman–Crippen LogP) is 5.07. The summed E-state index contributed by atoms with van der Waals surface area (Å²) in [4.78, 5) is 0. The topological polar surface area (TPSA) is 40.5 Å². The average molecular weight is 318 g/mol. The molecule has 3 aromatic rings. The monoisotopic (exact) mass is 318 g/mol. The number of aromatic hydroxyl groups is 2. The number of aryl methyl sites for hydroxylation is 2. The Hall–Kier alpha value is -2.74. The lowest BCUT2D eigenvalue weighted by molar-refractivity contribution is 0.470. The third-order valence-corrected chi connectivity index (χ3v) is 4.90. The second kappa shape index (κ2) is 6.04. The molecule has 2 heteroatoms. The van der Waals surface area contributed by atoms with Gasteiger partial charge in [0.2, 0.25) is 0 Å². The van der Waals surface area contributed by atoms with Gasteiger partial charge < -0.3 is 10.2 Å². The zero-order valence-corrected chi connectivity index (χ0v) is 14.2. The normalized spacial score (nSPS) is 11.5. The van der Waals surface area contributed by atoms with E-state index in [0.29, 0.717) is 11.5 Å². The van der Waals surface area contributed by atoms with Crippen LogP contribution in [0.2, 0.25) is 0 Å². The van der Waals surface area contributed by atoms with E-state index in [1.807, 2.05) is 56.3 Å². The van der Waals surface area contributed by atoms with E-state index in [2.05, 4.69) is 19.1 Å². The van der Waals surface area contributed by atoms with E-state index < -0.39 is 0 Å². The number of hydrogen-bond donors (Lipinski definition) is 2. The number of phenols is 2. The van der Waals surface area contributed by atoms with Crippen molar-refractivity contribution in [1.82, 2.24) is 0 Å². The first-order valence-corrected chi connectivity index (χ1v) is 8.08. The van der Waals surface area contributed by atoms with Crippen LogP contribution in [0.25, 0.3) is 0 Å². The van der Waals surface area contributed by atoms with Gasteiger partial charge in [-0.05, 0) is 60.7 Å². The highest BCUT2D eigenvalue weighted by Crippen LogP contribution is 2.41. The van der Waals surface area contributed by atoms with Crippen molar-refractivity contribution in [3.05, 3.63) is 94.5 Å². The third-order valence-electron chi connectivity index (χ3n) is 4.90. The predicted molar refractivity (Wildman–Crippen MR) is 97.7 cm³/mol. The van der Waals surface area contributed by atoms with Gasteiger partial charge in [0.25, 0.3) is 0 Å². The molecule has 0 atom stereocenters. The van der Waals surface area contributed by atoms with Crippen molar-refractivity contribution in [3.63, 3.8) is 0 Å². The lowest BCUT2D eigenvalue weighted by Crippen LogP contribution is -2.25. The van der Waals surface area contributed by atoms with Gasteiger partial charge in [0, 0.05) is 5.41 Å². The van der Waals surface area contributed by atoms with E-state index in [9.17, 15) is 10.2 Å². The Morgan fingerprint density at radius 2 is 1.08 bits per heavy atom. The second-order valence-corrected chi connectivity index (χ2v) is 6.49. The molecule has 0 radical (unpaired) electrons. The van der Waals surface area contributed by atoms with Crippen LogP contribution in [-0.2, 0) is 5.41 Å². The molecule has 0 fully saturated rings. The molecule has 122 valence electrons. The molecule has 0 heterocycles. The standard InChI is InChI=1S/C22H22O2/c1-15-13-18(9-11-20(15)23)22(3,17-7-5-4-6-8-17)19-10-12-21(24)16(2)14-19/h4-14,23-24H,1-3H3. The first-order chi connectivity index (χ1) is 11.4. The molecule has 2 nitrogen and oxygen atoms in total. The SMILES string of the molecule is Cc1cc(C(C)(c2ccccc2)c2ccc(O)c(C)c2)ccc1O. The van der Waals surface area contributed by atoms with Crippen LogP contribution in [0.5, 0.6) is 11.5 Å². The van der Waals surface area contributed by atoms with Gasteiger partial charge in [-0.15, -0.1) is 0 Å². The van der Waals surface area contributed by atoms with E-state index in [0.717, 1.165) is 22.3 Å². The Kier molecular flexibility index (Phi) is 4.06. The molecule has 3 rings (SSSR count). The van der Waals surface area contributed by atoms with Crippen molar-refractivity contribution in [2.75, 3.05) is 0 Å². The maximum Gasteiger partial charge on any atom is 0.118 e. The van der Waals surface area contributed by atoms with Crippen LogP contribution in [0.15, 0.2) is 66.7 Å². The Morgan fingerprint density at radius 3 is 1.50 bits per heavy atom. The fourth-order valence-corrected chi connectivity index (χ4v) is 3.20. The average Bonchev–Trinajstić information content (AvgIpc) is 2.60. The Balaban J connectivity index is 2.28. The summed E-state index contributed by atoms with van der Waals surface area (Å²) in [5, 5.41) is 19.8. The van der Waals surface area contributed by atoms with Crippen LogP contribution in [0, 0.1) is 13.8 Å². The molecule has 0 unspecified atom stereocenters. The smallest absolute Gasteiger partial charge is 0.118 e. The molecule has 0 aliphatic carbocycles. The molecule has 0 aliphatic heterocycles. The van der Waals surface area contributed by atoms with Crippen LogP contribution >= 0.6 is 0 Å². The van der Waals surface area contributed by atoms with Crippen molar-refractivity contribution in [3.8, 4) is 11.5 Å². The highest BCUT2D eigenvalue weighted by molar-refractivity contribution is 5.53. The molecular weight excluding hydrogens is 296 g/mol. The van der Waals surface area contributed by atoms with Gasteiger partial charge >= 0.3 is 0 Å². The molecule has 0 saturated carbocycles. The van der Waals surface area contributed by atoms with Crippen LogP contribution < -0.4 is 0 Å². The number of rotatable bonds is 3. The summed E-state index contributed by atoms with van der Waals surface area (Å²) >= 11 is 0. The maximum absolute atomic E-state index is 9.90. The minimum Gasteiger partial charge on any atom is -0.508 e. The fraction of sp³-hybridized carbons (Fsp3) is 0.182. The summed E-state index contributed by atoms with van der Waals surface area (Å²) in [6, 6.07) is 21.8. The van der Waals surface area contributed by atoms with E-state index >= 15 is 0 Å². The fourth-order valence-electron chi connectivity index (χ4n) is 3.20. The van der Waals surface area contributed by atoms with Gasteiger partial charge in [0.15, 0.2) is 0 Å². The first kappa shape index (κ1) is 16.1. The van der Waals surface area contributed by atoms with E-state index in [4.69, 9.17) is 0 Å². The number of benzene rings is 3. The second-order valence-electron chi connectivity index (χ2n) is 6.49. The molecule has 0 amide bonds. The van der Waals surface area contributed by atoms with Crippen molar-refractivity contribution in [2.24, 2.45) is 0 Å². The summed E-state index contributed by atoms with van der Waals surface area (Å²) in [6.45, 7) is 6.00. The summed E-state index contributed by atoms with van der Waals surface area (Å²) in [5.74, 6) is 0.604. The quantitative estimate of drug-likeness (QED) is 0.662. The molecule has 0 saturated heterocycles. The van der Waals surface area contributed by atoms with Gasteiger partial charge in [0.1, 0.15) is 11.5 Å². The molecule has 0 aliphatic rings. The third kappa shape index (κ3) is 2.65. The molecule has 0 bridgehead atoms. The molecule has 24 heavy (non-hydrogen) atoms. The Morgan fingerprint density at radius 1 is 0.625 bits per heavy atom. The van der Waals surface area contributed by atoms with Crippen molar-refractivity contribution >= 4 is 0 Å². The molecule has 0 aromatic heterocycles. The van der Waals surface area contributed by atoms with Gasteiger partial charge in [0.05, 0.1) is 0 Å². The first-order valence-electron chi connectivity index (χ1n) is 8.08. The van der Waals surface area contributed by atoms with Crippen molar-refractivity contribution in [2.45, 2.75) is 26.2 Å². The van der Waals surface area contributed by atoms with Crippen LogP contribution in [0.4, 0.5) is 0 Å². The molecule has 2 N–H and O–H groups in total. The summed E-state index contributed by atoms with van der Waals surface area (Å²) in [7, 11) is 0.